The molecule has 0 spiro atoms. The summed E-state index contributed by atoms with van der Waals surface area (Å²) in [5.74, 6) is 1.34. The molecule has 1 saturated carbocycles. The normalized spacial score (nSPS) is 25.2. The average Bonchev–Trinajstić information content (AvgIpc) is 2.64. The monoisotopic (exact) mass is 332 g/mol. The Labute approximate surface area is 144 Å². The van der Waals surface area contributed by atoms with E-state index >= 15 is 0 Å². The predicted octanol–water partition coefficient (Wildman–Crippen LogP) is 2.32. The van der Waals surface area contributed by atoms with E-state index in [4.69, 9.17) is 9.47 Å². The summed E-state index contributed by atoms with van der Waals surface area (Å²) in [6, 6.07) is 7.60. The summed E-state index contributed by atoms with van der Waals surface area (Å²) in [5, 5.41) is 3.27. The van der Waals surface area contributed by atoms with E-state index in [1.54, 1.807) is 7.11 Å². The molecule has 0 aromatic heterocycles. The largest absolute Gasteiger partial charge is 0.497 e. The van der Waals surface area contributed by atoms with Gasteiger partial charge in [-0.25, -0.2) is 0 Å². The zero-order valence-electron chi connectivity index (χ0n) is 14.5. The van der Waals surface area contributed by atoms with Crippen molar-refractivity contribution in [2.24, 2.45) is 5.92 Å². The number of amides is 1. The summed E-state index contributed by atoms with van der Waals surface area (Å²) in [7, 11) is 1.63. The van der Waals surface area contributed by atoms with E-state index in [1.807, 2.05) is 24.3 Å². The van der Waals surface area contributed by atoms with Crippen LogP contribution in [0, 0.1) is 5.92 Å². The van der Waals surface area contributed by atoms with Gasteiger partial charge in [0, 0.05) is 31.2 Å². The molecule has 1 N–H and O–H groups in total. The highest BCUT2D eigenvalue weighted by Gasteiger charge is 2.28. The second-order valence-corrected chi connectivity index (χ2v) is 6.77. The lowest BCUT2D eigenvalue weighted by Crippen LogP contribution is -2.48. The van der Waals surface area contributed by atoms with Gasteiger partial charge in [-0.3, -0.25) is 9.69 Å². The first-order valence-electron chi connectivity index (χ1n) is 9.01. The Morgan fingerprint density at radius 2 is 1.92 bits per heavy atom. The van der Waals surface area contributed by atoms with Gasteiger partial charge < -0.3 is 14.8 Å². The third kappa shape index (κ3) is 4.48. The highest BCUT2D eigenvalue weighted by molar-refractivity contribution is 5.94. The van der Waals surface area contributed by atoms with E-state index in [9.17, 15) is 4.79 Å². The van der Waals surface area contributed by atoms with Crippen molar-refractivity contribution in [2.75, 3.05) is 40.0 Å². The minimum absolute atomic E-state index is 0.0246. The van der Waals surface area contributed by atoms with Gasteiger partial charge in [0.2, 0.25) is 0 Å². The summed E-state index contributed by atoms with van der Waals surface area (Å²) in [6.07, 6.45) is 4.75. The number of morpholine rings is 1. The number of ether oxygens (including phenoxy) is 2. The molecule has 2 aliphatic rings. The Hall–Kier alpha value is -1.59. The fourth-order valence-electron chi connectivity index (χ4n) is 3.73. The highest BCUT2D eigenvalue weighted by Crippen LogP contribution is 2.26. The maximum absolute atomic E-state index is 12.6. The molecule has 132 valence electrons. The number of nitrogens with zero attached hydrogens (tertiary/aromatic N) is 1. The van der Waals surface area contributed by atoms with Crippen LogP contribution in [-0.4, -0.2) is 56.8 Å². The van der Waals surface area contributed by atoms with E-state index in [0.717, 1.165) is 45.0 Å². The summed E-state index contributed by atoms with van der Waals surface area (Å²) in [6.45, 7) is 4.74. The Balaban J connectivity index is 1.58. The van der Waals surface area contributed by atoms with Crippen molar-refractivity contribution < 1.29 is 14.3 Å². The van der Waals surface area contributed by atoms with E-state index in [0.29, 0.717) is 11.5 Å². The van der Waals surface area contributed by atoms with Crippen molar-refractivity contribution in [1.82, 2.24) is 10.2 Å². The molecule has 1 heterocycles. The SMILES string of the molecule is COc1ccc(C(=O)NC2CCCC[C@H]2CN2CCOCC2)cc1. The second kappa shape index (κ2) is 8.49. The number of benzene rings is 1. The van der Waals surface area contributed by atoms with Gasteiger partial charge in [-0.1, -0.05) is 12.8 Å². The van der Waals surface area contributed by atoms with Crippen LogP contribution in [0.25, 0.3) is 0 Å². The summed E-state index contributed by atoms with van der Waals surface area (Å²) in [5.41, 5.74) is 0.700. The van der Waals surface area contributed by atoms with Crippen molar-refractivity contribution >= 4 is 5.91 Å². The molecule has 1 aromatic rings. The third-order valence-corrected chi connectivity index (χ3v) is 5.17. The predicted molar refractivity (Wildman–Crippen MR) is 93.5 cm³/mol. The number of hydrogen-bond donors (Lipinski definition) is 1. The zero-order valence-corrected chi connectivity index (χ0v) is 14.5. The Bertz CT molecular complexity index is 526. The van der Waals surface area contributed by atoms with Gasteiger partial charge >= 0.3 is 0 Å². The van der Waals surface area contributed by atoms with Gasteiger partial charge in [0.15, 0.2) is 0 Å². The molecule has 1 aliphatic carbocycles. The van der Waals surface area contributed by atoms with E-state index < -0.39 is 0 Å². The fraction of sp³-hybridized carbons (Fsp3) is 0.632. The van der Waals surface area contributed by atoms with Crippen LogP contribution in [0.2, 0.25) is 0 Å². The van der Waals surface area contributed by atoms with Crippen LogP contribution in [0.15, 0.2) is 24.3 Å². The van der Waals surface area contributed by atoms with Gasteiger partial charge in [0.25, 0.3) is 5.91 Å². The summed E-state index contributed by atoms with van der Waals surface area (Å²) >= 11 is 0. The minimum Gasteiger partial charge on any atom is -0.497 e. The number of carbonyl (C=O) groups excluding carboxylic acids is 1. The van der Waals surface area contributed by atoms with Gasteiger partial charge in [0.05, 0.1) is 20.3 Å². The molecule has 2 fully saturated rings. The lowest BCUT2D eigenvalue weighted by Gasteiger charge is -2.37. The van der Waals surface area contributed by atoms with Crippen LogP contribution in [0.4, 0.5) is 0 Å². The molecule has 3 rings (SSSR count). The second-order valence-electron chi connectivity index (χ2n) is 6.77. The standard InChI is InChI=1S/C19H28N2O3/c1-23-17-8-6-15(7-9-17)19(22)20-18-5-3-2-4-16(18)14-21-10-12-24-13-11-21/h6-9,16,18H,2-5,10-14H2,1H3,(H,20,22)/t16-,18?/m0/s1. The Morgan fingerprint density at radius 3 is 2.62 bits per heavy atom. The quantitative estimate of drug-likeness (QED) is 0.899. The van der Waals surface area contributed by atoms with Crippen LogP contribution in [0.5, 0.6) is 5.75 Å². The van der Waals surface area contributed by atoms with Gasteiger partial charge in [-0.2, -0.15) is 0 Å². The molecule has 1 unspecified atom stereocenters. The molecule has 24 heavy (non-hydrogen) atoms. The maximum Gasteiger partial charge on any atom is 0.251 e. The van der Waals surface area contributed by atoms with Crippen LogP contribution in [0.3, 0.4) is 0 Å². The lowest BCUT2D eigenvalue weighted by molar-refractivity contribution is 0.0242. The summed E-state index contributed by atoms with van der Waals surface area (Å²) in [4.78, 5) is 15.0. The first kappa shape index (κ1) is 17.2. The number of hydrogen-bond acceptors (Lipinski definition) is 4. The van der Waals surface area contributed by atoms with E-state index in [2.05, 4.69) is 10.2 Å². The highest BCUT2D eigenvalue weighted by atomic mass is 16.5. The Kier molecular flexibility index (Phi) is 6.10. The molecule has 2 atom stereocenters. The number of rotatable bonds is 5. The van der Waals surface area contributed by atoms with E-state index in [-0.39, 0.29) is 11.9 Å². The topological polar surface area (TPSA) is 50.8 Å². The molecular formula is C19H28N2O3. The molecule has 1 aromatic carbocycles. The van der Waals surface area contributed by atoms with Gasteiger partial charge in [0.1, 0.15) is 5.75 Å². The number of methoxy groups -OCH3 is 1. The average molecular weight is 332 g/mol. The van der Waals surface area contributed by atoms with Crippen LogP contribution < -0.4 is 10.1 Å². The first-order valence-corrected chi connectivity index (χ1v) is 9.01. The molecule has 5 heteroatoms. The summed E-state index contributed by atoms with van der Waals surface area (Å²) < 4.78 is 10.6. The molecule has 1 amide bonds. The van der Waals surface area contributed by atoms with Gasteiger partial charge in [-0.05, 0) is 43.0 Å². The van der Waals surface area contributed by atoms with Crippen molar-refractivity contribution in [3.05, 3.63) is 29.8 Å². The molecule has 0 bridgehead atoms. The van der Waals surface area contributed by atoms with E-state index in [1.165, 1.54) is 19.3 Å². The Morgan fingerprint density at radius 1 is 1.21 bits per heavy atom. The smallest absolute Gasteiger partial charge is 0.251 e. The maximum atomic E-state index is 12.6. The van der Waals surface area contributed by atoms with Crippen molar-refractivity contribution in [3.8, 4) is 5.75 Å². The fourth-order valence-corrected chi connectivity index (χ4v) is 3.73. The lowest BCUT2D eigenvalue weighted by atomic mass is 9.84. The van der Waals surface area contributed by atoms with Crippen molar-refractivity contribution in [2.45, 2.75) is 31.7 Å². The van der Waals surface area contributed by atoms with Crippen LogP contribution >= 0.6 is 0 Å². The minimum atomic E-state index is 0.0246. The third-order valence-electron chi connectivity index (χ3n) is 5.17. The molecule has 1 saturated heterocycles. The number of carbonyl (C=O) groups is 1. The molecule has 5 nitrogen and oxygen atoms in total. The number of nitrogens with one attached hydrogen (secondary N) is 1. The van der Waals surface area contributed by atoms with Gasteiger partial charge in [-0.15, -0.1) is 0 Å². The molecular weight excluding hydrogens is 304 g/mol. The molecule has 0 radical (unpaired) electrons. The molecule has 1 aliphatic heterocycles. The zero-order chi connectivity index (χ0) is 16.8. The van der Waals surface area contributed by atoms with Crippen molar-refractivity contribution in [3.63, 3.8) is 0 Å². The first-order chi connectivity index (χ1) is 11.8. The van der Waals surface area contributed by atoms with Crippen LogP contribution in [0.1, 0.15) is 36.0 Å². The van der Waals surface area contributed by atoms with Crippen molar-refractivity contribution in [1.29, 1.82) is 0 Å². The van der Waals surface area contributed by atoms with Crippen LogP contribution in [-0.2, 0) is 4.74 Å².